The van der Waals surface area contributed by atoms with Crippen LogP contribution >= 0.6 is 11.6 Å². The van der Waals surface area contributed by atoms with Gasteiger partial charge in [0.2, 0.25) is 0 Å². The highest BCUT2D eigenvalue weighted by Gasteiger charge is 2.24. The normalized spacial score (nSPS) is 10.3. The standard InChI is InChI=1S/C10H5ClN4O3/c1-14-6-3-2-5(4-12)13-8(6)7(11)9(10(14)16)15(17)18/h2-3H,1H3. The Balaban J connectivity index is 3.05. The maximum Gasteiger partial charge on any atom is 0.354 e. The van der Waals surface area contributed by atoms with E-state index in [1.54, 1.807) is 6.07 Å². The molecule has 18 heavy (non-hydrogen) atoms. The van der Waals surface area contributed by atoms with Crippen molar-refractivity contribution >= 4 is 28.3 Å². The molecule has 2 heterocycles. The first kappa shape index (κ1) is 12.0. The van der Waals surface area contributed by atoms with E-state index in [-0.39, 0.29) is 16.2 Å². The first-order chi connectivity index (χ1) is 8.47. The summed E-state index contributed by atoms with van der Waals surface area (Å²) in [5.74, 6) is 0. The Bertz CT molecular complexity index is 775. The van der Waals surface area contributed by atoms with Crippen molar-refractivity contribution in [1.29, 1.82) is 5.26 Å². The number of aromatic nitrogens is 2. The average molecular weight is 265 g/mol. The van der Waals surface area contributed by atoms with E-state index in [0.29, 0.717) is 5.52 Å². The van der Waals surface area contributed by atoms with E-state index in [2.05, 4.69) is 4.98 Å². The first-order valence-electron chi connectivity index (χ1n) is 4.71. The van der Waals surface area contributed by atoms with Gasteiger partial charge < -0.3 is 4.57 Å². The number of hydrogen-bond acceptors (Lipinski definition) is 5. The minimum absolute atomic E-state index is 0.0597. The minimum Gasteiger partial charge on any atom is -0.304 e. The van der Waals surface area contributed by atoms with E-state index in [1.807, 2.05) is 0 Å². The molecule has 0 aromatic carbocycles. The zero-order chi connectivity index (χ0) is 13.4. The van der Waals surface area contributed by atoms with Gasteiger partial charge in [-0.3, -0.25) is 14.9 Å². The lowest BCUT2D eigenvalue weighted by Crippen LogP contribution is -2.21. The number of halogens is 1. The van der Waals surface area contributed by atoms with E-state index < -0.39 is 16.2 Å². The third-order valence-corrected chi connectivity index (χ3v) is 2.81. The average Bonchev–Trinajstić information content (AvgIpc) is 2.35. The lowest BCUT2D eigenvalue weighted by molar-refractivity contribution is -0.386. The lowest BCUT2D eigenvalue weighted by Gasteiger charge is -2.06. The van der Waals surface area contributed by atoms with Crippen molar-refractivity contribution in [1.82, 2.24) is 9.55 Å². The van der Waals surface area contributed by atoms with Gasteiger partial charge in [0.05, 0.1) is 10.4 Å². The Morgan fingerprint density at radius 3 is 2.78 bits per heavy atom. The molecule has 0 bridgehead atoms. The molecule has 0 fully saturated rings. The number of pyridine rings is 2. The highest BCUT2D eigenvalue weighted by Crippen LogP contribution is 2.27. The third-order valence-electron chi connectivity index (χ3n) is 2.46. The van der Waals surface area contributed by atoms with Crippen LogP contribution in [0.25, 0.3) is 11.0 Å². The van der Waals surface area contributed by atoms with Crippen molar-refractivity contribution in [2.75, 3.05) is 0 Å². The minimum atomic E-state index is -0.856. The van der Waals surface area contributed by atoms with Crippen LogP contribution in [0.5, 0.6) is 0 Å². The van der Waals surface area contributed by atoms with Crippen LogP contribution in [0.15, 0.2) is 16.9 Å². The summed E-state index contributed by atoms with van der Waals surface area (Å²) in [5, 5.41) is 19.2. The van der Waals surface area contributed by atoms with Crippen LogP contribution < -0.4 is 5.56 Å². The molecule has 0 aliphatic heterocycles. The summed E-state index contributed by atoms with van der Waals surface area (Å²) in [5.41, 5.74) is -1.10. The summed E-state index contributed by atoms with van der Waals surface area (Å²) in [7, 11) is 1.38. The zero-order valence-electron chi connectivity index (χ0n) is 9.05. The summed E-state index contributed by atoms with van der Waals surface area (Å²) in [4.78, 5) is 25.6. The van der Waals surface area contributed by atoms with Crippen molar-refractivity contribution in [2.24, 2.45) is 7.05 Å². The highest BCUT2D eigenvalue weighted by molar-refractivity contribution is 6.36. The van der Waals surface area contributed by atoms with Gasteiger partial charge in [0.25, 0.3) is 0 Å². The fraction of sp³-hybridized carbons (Fsp3) is 0.100. The molecule has 2 aromatic heterocycles. The molecule has 0 aliphatic rings. The summed E-state index contributed by atoms with van der Waals surface area (Å²) in [6.45, 7) is 0. The Morgan fingerprint density at radius 1 is 1.56 bits per heavy atom. The summed E-state index contributed by atoms with van der Waals surface area (Å²) >= 11 is 5.82. The Labute approximate surface area is 105 Å². The SMILES string of the molecule is Cn1c(=O)c([N+](=O)[O-])c(Cl)c2nc(C#N)ccc21. The molecule has 0 unspecified atom stereocenters. The highest BCUT2D eigenvalue weighted by atomic mass is 35.5. The number of nitrogens with zero attached hydrogens (tertiary/aromatic N) is 4. The van der Waals surface area contributed by atoms with E-state index in [9.17, 15) is 14.9 Å². The number of hydrogen-bond donors (Lipinski definition) is 0. The topological polar surface area (TPSA) is 102 Å². The number of nitriles is 1. The van der Waals surface area contributed by atoms with Gasteiger partial charge in [-0.25, -0.2) is 4.98 Å². The van der Waals surface area contributed by atoms with Crippen LogP contribution in [-0.4, -0.2) is 14.5 Å². The predicted octanol–water partition coefficient (Wildman–Crippen LogP) is 1.37. The molecule has 0 saturated heterocycles. The van der Waals surface area contributed by atoms with Crippen LogP contribution in [0.2, 0.25) is 5.02 Å². The molecule has 0 aliphatic carbocycles. The Hall–Kier alpha value is -2.46. The quantitative estimate of drug-likeness (QED) is 0.572. The van der Waals surface area contributed by atoms with E-state index in [0.717, 1.165) is 4.57 Å². The second-order valence-corrected chi connectivity index (χ2v) is 3.84. The van der Waals surface area contributed by atoms with Gasteiger partial charge in [-0.2, -0.15) is 5.26 Å². The van der Waals surface area contributed by atoms with Gasteiger partial charge in [-0.05, 0) is 12.1 Å². The molecule has 2 rings (SSSR count). The number of aryl methyl sites for hydroxylation is 1. The molecule has 0 amide bonds. The molecule has 0 saturated carbocycles. The summed E-state index contributed by atoms with van der Waals surface area (Å²) in [6, 6.07) is 4.68. The summed E-state index contributed by atoms with van der Waals surface area (Å²) in [6.07, 6.45) is 0. The van der Waals surface area contributed by atoms with Gasteiger partial charge in [-0.1, -0.05) is 11.6 Å². The van der Waals surface area contributed by atoms with Gasteiger partial charge >= 0.3 is 11.2 Å². The van der Waals surface area contributed by atoms with Gasteiger partial charge in [-0.15, -0.1) is 0 Å². The predicted molar refractivity (Wildman–Crippen MR) is 63.4 cm³/mol. The van der Waals surface area contributed by atoms with Gasteiger partial charge in [0.15, 0.2) is 5.02 Å². The molecule has 0 N–H and O–H groups in total. The van der Waals surface area contributed by atoms with Crippen LogP contribution in [0.1, 0.15) is 5.69 Å². The largest absolute Gasteiger partial charge is 0.354 e. The zero-order valence-corrected chi connectivity index (χ0v) is 9.80. The van der Waals surface area contributed by atoms with Crippen LogP contribution in [0, 0.1) is 21.4 Å². The first-order valence-corrected chi connectivity index (χ1v) is 5.09. The summed E-state index contributed by atoms with van der Waals surface area (Å²) < 4.78 is 1.08. The second-order valence-electron chi connectivity index (χ2n) is 3.46. The van der Waals surface area contributed by atoms with Crippen molar-refractivity contribution in [2.45, 2.75) is 0 Å². The Morgan fingerprint density at radius 2 is 2.22 bits per heavy atom. The molecule has 0 radical (unpaired) electrons. The maximum absolute atomic E-state index is 11.7. The molecule has 0 atom stereocenters. The van der Waals surface area contributed by atoms with Crippen LogP contribution in [0.3, 0.4) is 0 Å². The number of fused-ring (bicyclic) bond motifs is 1. The molecule has 8 heteroatoms. The molecule has 7 nitrogen and oxygen atoms in total. The number of nitro groups is 1. The molecule has 2 aromatic rings. The van der Waals surface area contributed by atoms with Crippen LogP contribution in [0.4, 0.5) is 5.69 Å². The van der Waals surface area contributed by atoms with Gasteiger partial charge in [0, 0.05) is 7.05 Å². The maximum atomic E-state index is 11.7. The fourth-order valence-electron chi connectivity index (χ4n) is 1.58. The van der Waals surface area contributed by atoms with E-state index in [4.69, 9.17) is 16.9 Å². The molecule has 0 spiro atoms. The molecular weight excluding hydrogens is 260 g/mol. The van der Waals surface area contributed by atoms with Crippen molar-refractivity contribution in [3.63, 3.8) is 0 Å². The van der Waals surface area contributed by atoms with Crippen molar-refractivity contribution in [3.8, 4) is 6.07 Å². The molecular formula is C10H5ClN4O3. The van der Waals surface area contributed by atoms with Crippen LogP contribution in [-0.2, 0) is 7.05 Å². The third kappa shape index (κ3) is 1.59. The monoisotopic (exact) mass is 264 g/mol. The molecule has 90 valence electrons. The van der Waals surface area contributed by atoms with Crippen molar-refractivity contribution < 1.29 is 4.92 Å². The lowest BCUT2D eigenvalue weighted by atomic mass is 10.2. The second kappa shape index (κ2) is 4.09. The van der Waals surface area contributed by atoms with Gasteiger partial charge in [0.1, 0.15) is 17.3 Å². The number of rotatable bonds is 1. The smallest absolute Gasteiger partial charge is 0.304 e. The van der Waals surface area contributed by atoms with E-state index >= 15 is 0 Å². The fourth-order valence-corrected chi connectivity index (χ4v) is 1.87. The Kier molecular flexibility index (Phi) is 2.73. The van der Waals surface area contributed by atoms with E-state index in [1.165, 1.54) is 19.2 Å². The van der Waals surface area contributed by atoms with Crippen molar-refractivity contribution in [3.05, 3.63) is 43.3 Å².